The molecule has 3 nitrogen and oxygen atoms in total. The van der Waals surface area contributed by atoms with Crippen molar-refractivity contribution >= 4 is 11.4 Å². The molecule has 2 aromatic rings. The van der Waals surface area contributed by atoms with E-state index in [9.17, 15) is 0 Å². The molecule has 1 heterocycles. The molecule has 0 aliphatic rings. The van der Waals surface area contributed by atoms with E-state index < -0.39 is 0 Å². The van der Waals surface area contributed by atoms with Crippen molar-refractivity contribution in [2.24, 2.45) is 0 Å². The molecule has 1 aromatic heterocycles. The van der Waals surface area contributed by atoms with Crippen LogP contribution in [0, 0.1) is 6.92 Å². The molecular weight excluding hydrogens is 186 g/mol. The maximum Gasteiger partial charge on any atom is 0.0726 e. The number of aryl methyl sites for hydroxylation is 1. The van der Waals surface area contributed by atoms with Gasteiger partial charge in [-0.15, -0.1) is 0 Å². The van der Waals surface area contributed by atoms with Crippen LogP contribution < -0.4 is 11.5 Å². The Morgan fingerprint density at radius 2 is 1.93 bits per heavy atom. The van der Waals surface area contributed by atoms with Crippen molar-refractivity contribution in [1.29, 1.82) is 0 Å². The lowest BCUT2D eigenvalue weighted by atomic mass is 10.1. The zero-order chi connectivity index (χ0) is 10.8. The molecule has 15 heavy (non-hydrogen) atoms. The minimum absolute atomic E-state index is 0.593. The number of para-hydroxylation sites is 1. The molecule has 0 unspecified atom stereocenters. The monoisotopic (exact) mass is 199 g/mol. The van der Waals surface area contributed by atoms with Crippen LogP contribution in [0.3, 0.4) is 0 Å². The molecule has 76 valence electrons. The first kappa shape index (κ1) is 9.52. The molecule has 0 spiro atoms. The van der Waals surface area contributed by atoms with Gasteiger partial charge in [-0.25, -0.2) is 0 Å². The number of pyridine rings is 1. The van der Waals surface area contributed by atoms with Crippen molar-refractivity contribution in [3.63, 3.8) is 0 Å². The van der Waals surface area contributed by atoms with Crippen molar-refractivity contribution in [2.45, 2.75) is 6.92 Å². The Balaban J connectivity index is 2.59. The molecule has 0 fully saturated rings. The number of hydrogen-bond donors (Lipinski definition) is 2. The van der Waals surface area contributed by atoms with E-state index in [-0.39, 0.29) is 0 Å². The maximum atomic E-state index is 5.90. The summed E-state index contributed by atoms with van der Waals surface area (Å²) in [5.74, 6) is 0. The summed E-state index contributed by atoms with van der Waals surface area (Å²) >= 11 is 0. The van der Waals surface area contributed by atoms with E-state index in [0.717, 1.165) is 16.8 Å². The topological polar surface area (TPSA) is 64.9 Å². The summed E-state index contributed by atoms with van der Waals surface area (Å²) in [5, 5.41) is 0. The molecule has 0 saturated heterocycles. The minimum atomic E-state index is 0.593. The van der Waals surface area contributed by atoms with Crippen LogP contribution in [-0.4, -0.2) is 4.98 Å². The number of nitrogens with zero attached hydrogens (tertiary/aromatic N) is 1. The molecule has 0 saturated carbocycles. The predicted molar refractivity (Wildman–Crippen MR) is 63.2 cm³/mol. The highest BCUT2D eigenvalue weighted by Gasteiger charge is 2.05. The molecule has 2 rings (SSSR count). The standard InChI is InChI=1S/C12H13N3/c1-8-5-6-15-11(7-8)9-3-2-4-10(13)12(9)14/h2-7H,13-14H2,1H3. The third-order valence-corrected chi connectivity index (χ3v) is 2.33. The predicted octanol–water partition coefficient (Wildman–Crippen LogP) is 2.22. The molecule has 0 bridgehead atoms. The van der Waals surface area contributed by atoms with E-state index in [4.69, 9.17) is 11.5 Å². The van der Waals surface area contributed by atoms with Crippen molar-refractivity contribution in [3.8, 4) is 11.3 Å². The van der Waals surface area contributed by atoms with Gasteiger partial charge in [0.25, 0.3) is 0 Å². The summed E-state index contributed by atoms with van der Waals surface area (Å²) in [5.41, 5.74) is 15.7. The number of aromatic nitrogens is 1. The van der Waals surface area contributed by atoms with Crippen molar-refractivity contribution in [2.75, 3.05) is 11.5 Å². The summed E-state index contributed by atoms with van der Waals surface area (Å²) in [4.78, 5) is 4.28. The van der Waals surface area contributed by atoms with Crippen LogP contribution in [0.15, 0.2) is 36.5 Å². The lowest BCUT2D eigenvalue weighted by Crippen LogP contribution is -1.97. The van der Waals surface area contributed by atoms with Gasteiger partial charge < -0.3 is 11.5 Å². The fourth-order valence-electron chi connectivity index (χ4n) is 1.49. The van der Waals surface area contributed by atoms with Crippen molar-refractivity contribution in [3.05, 3.63) is 42.1 Å². The van der Waals surface area contributed by atoms with Crippen molar-refractivity contribution in [1.82, 2.24) is 4.98 Å². The van der Waals surface area contributed by atoms with E-state index in [1.54, 1.807) is 12.3 Å². The van der Waals surface area contributed by atoms with E-state index in [2.05, 4.69) is 4.98 Å². The summed E-state index contributed by atoms with van der Waals surface area (Å²) in [6.07, 6.45) is 1.77. The van der Waals surface area contributed by atoms with E-state index in [1.165, 1.54) is 0 Å². The normalized spacial score (nSPS) is 10.2. The van der Waals surface area contributed by atoms with Crippen molar-refractivity contribution < 1.29 is 0 Å². The van der Waals surface area contributed by atoms with E-state index in [1.807, 2.05) is 31.2 Å². The van der Waals surface area contributed by atoms with Gasteiger partial charge in [0.1, 0.15) is 0 Å². The van der Waals surface area contributed by atoms with Crippen LogP contribution in [0.1, 0.15) is 5.56 Å². The van der Waals surface area contributed by atoms with Crippen LogP contribution in [0.2, 0.25) is 0 Å². The number of nitrogen functional groups attached to an aromatic ring is 2. The van der Waals surface area contributed by atoms with Gasteiger partial charge in [-0.2, -0.15) is 0 Å². The minimum Gasteiger partial charge on any atom is -0.397 e. The summed E-state index contributed by atoms with van der Waals surface area (Å²) in [6, 6.07) is 9.53. The number of rotatable bonds is 1. The average Bonchev–Trinajstić information content (AvgIpc) is 2.22. The zero-order valence-corrected chi connectivity index (χ0v) is 8.57. The van der Waals surface area contributed by atoms with Gasteiger partial charge in [0.05, 0.1) is 17.1 Å². The largest absolute Gasteiger partial charge is 0.397 e. The highest BCUT2D eigenvalue weighted by molar-refractivity contribution is 5.82. The number of nitrogens with two attached hydrogens (primary N) is 2. The average molecular weight is 199 g/mol. The van der Waals surface area contributed by atoms with Gasteiger partial charge in [-0.05, 0) is 30.7 Å². The number of hydrogen-bond acceptors (Lipinski definition) is 3. The molecule has 3 heteroatoms. The zero-order valence-electron chi connectivity index (χ0n) is 8.57. The fourth-order valence-corrected chi connectivity index (χ4v) is 1.49. The molecular formula is C12H13N3. The Kier molecular flexibility index (Phi) is 2.29. The number of anilines is 2. The maximum absolute atomic E-state index is 5.90. The van der Waals surface area contributed by atoms with E-state index in [0.29, 0.717) is 11.4 Å². The third kappa shape index (κ3) is 1.76. The van der Waals surface area contributed by atoms with Gasteiger partial charge in [0.2, 0.25) is 0 Å². The molecule has 0 aliphatic carbocycles. The second-order valence-corrected chi connectivity index (χ2v) is 3.53. The Morgan fingerprint density at radius 3 is 2.67 bits per heavy atom. The molecule has 0 aliphatic heterocycles. The van der Waals surface area contributed by atoms with Gasteiger partial charge in [-0.1, -0.05) is 12.1 Å². The lowest BCUT2D eigenvalue weighted by molar-refractivity contribution is 1.29. The Bertz CT molecular complexity index is 492. The van der Waals surface area contributed by atoms with Gasteiger partial charge in [0.15, 0.2) is 0 Å². The second kappa shape index (κ2) is 3.61. The number of benzene rings is 1. The molecule has 0 atom stereocenters. The molecule has 4 N–H and O–H groups in total. The Hall–Kier alpha value is -2.03. The van der Waals surface area contributed by atoms with Gasteiger partial charge >= 0.3 is 0 Å². The molecule has 0 amide bonds. The van der Waals surface area contributed by atoms with Crippen LogP contribution in [0.25, 0.3) is 11.3 Å². The van der Waals surface area contributed by atoms with E-state index >= 15 is 0 Å². The highest BCUT2D eigenvalue weighted by Crippen LogP contribution is 2.28. The van der Waals surface area contributed by atoms with Crippen LogP contribution >= 0.6 is 0 Å². The first-order chi connectivity index (χ1) is 7.18. The lowest BCUT2D eigenvalue weighted by Gasteiger charge is -2.07. The van der Waals surface area contributed by atoms with Crippen LogP contribution in [0.5, 0.6) is 0 Å². The Morgan fingerprint density at radius 1 is 1.13 bits per heavy atom. The Labute approximate surface area is 88.8 Å². The van der Waals surface area contributed by atoms with Crippen LogP contribution in [-0.2, 0) is 0 Å². The SMILES string of the molecule is Cc1ccnc(-c2cccc(N)c2N)c1. The summed E-state index contributed by atoms with van der Waals surface area (Å²) in [7, 11) is 0. The quantitative estimate of drug-likeness (QED) is 0.692. The fraction of sp³-hybridized carbons (Fsp3) is 0.0833. The molecule has 0 radical (unpaired) electrons. The second-order valence-electron chi connectivity index (χ2n) is 3.53. The first-order valence-electron chi connectivity index (χ1n) is 4.75. The van der Waals surface area contributed by atoms with Gasteiger partial charge in [0, 0.05) is 11.8 Å². The summed E-state index contributed by atoms with van der Waals surface area (Å²) in [6.45, 7) is 2.02. The highest BCUT2D eigenvalue weighted by atomic mass is 14.7. The summed E-state index contributed by atoms with van der Waals surface area (Å²) < 4.78 is 0. The van der Waals surface area contributed by atoms with Crippen LogP contribution in [0.4, 0.5) is 11.4 Å². The first-order valence-corrected chi connectivity index (χ1v) is 4.75. The molecule has 1 aromatic carbocycles. The third-order valence-electron chi connectivity index (χ3n) is 2.33. The smallest absolute Gasteiger partial charge is 0.0726 e. The van der Waals surface area contributed by atoms with Gasteiger partial charge in [-0.3, -0.25) is 4.98 Å².